The van der Waals surface area contributed by atoms with Crippen molar-refractivity contribution >= 4 is 0 Å². The third-order valence-corrected chi connectivity index (χ3v) is 2.38. The van der Waals surface area contributed by atoms with Gasteiger partial charge in [-0.05, 0) is 25.3 Å². The molecule has 1 aliphatic rings. The Kier molecular flexibility index (Phi) is 2.42. The van der Waals surface area contributed by atoms with E-state index in [9.17, 15) is 13.2 Å². The molecule has 1 nitrogen and oxygen atoms in total. The van der Waals surface area contributed by atoms with E-state index >= 15 is 0 Å². The van der Waals surface area contributed by atoms with Gasteiger partial charge in [0.25, 0.3) is 0 Å². The van der Waals surface area contributed by atoms with Crippen LogP contribution in [0.1, 0.15) is 19.3 Å². The van der Waals surface area contributed by atoms with Crippen molar-refractivity contribution < 1.29 is 13.2 Å². The van der Waals surface area contributed by atoms with Gasteiger partial charge in [0.15, 0.2) is 0 Å². The molecule has 0 aromatic heterocycles. The summed E-state index contributed by atoms with van der Waals surface area (Å²) < 4.78 is 36.4. The zero-order valence-corrected chi connectivity index (χ0v) is 6.19. The van der Waals surface area contributed by atoms with Crippen molar-refractivity contribution in [3.8, 4) is 0 Å². The van der Waals surface area contributed by atoms with Crippen LogP contribution >= 0.6 is 0 Å². The van der Waals surface area contributed by atoms with Crippen LogP contribution in [0.2, 0.25) is 0 Å². The highest BCUT2D eigenvalue weighted by molar-refractivity contribution is 4.82. The Balaban J connectivity index is 2.57. The largest absolute Gasteiger partial charge is 0.392 e. The molecule has 0 heterocycles. The fourth-order valence-corrected chi connectivity index (χ4v) is 1.75. The van der Waals surface area contributed by atoms with Crippen LogP contribution in [0.4, 0.5) is 13.2 Å². The maximum absolute atomic E-state index is 12.1. The van der Waals surface area contributed by atoms with Gasteiger partial charge in [-0.2, -0.15) is 13.2 Å². The molecular weight excluding hydrogens is 155 g/mol. The average molecular weight is 167 g/mol. The van der Waals surface area contributed by atoms with E-state index in [1.165, 1.54) is 0 Å². The minimum Gasteiger partial charge on any atom is -0.330 e. The Labute approximate surface area is 63.8 Å². The number of nitrogens with two attached hydrogens (primary N) is 1. The molecule has 0 saturated heterocycles. The summed E-state index contributed by atoms with van der Waals surface area (Å²) in [5.74, 6) is -1.46. The molecule has 2 atom stereocenters. The van der Waals surface area contributed by atoms with Gasteiger partial charge >= 0.3 is 6.18 Å². The summed E-state index contributed by atoms with van der Waals surface area (Å²) in [6, 6.07) is 0. The topological polar surface area (TPSA) is 26.0 Å². The highest BCUT2D eigenvalue weighted by Crippen LogP contribution is 2.42. The van der Waals surface area contributed by atoms with Gasteiger partial charge in [-0.1, -0.05) is 6.42 Å². The molecule has 0 bridgehead atoms. The lowest BCUT2D eigenvalue weighted by atomic mass is 9.96. The SMILES string of the molecule is NC[C@H]1CCC[C@H]1C(F)(F)F. The molecule has 1 saturated carbocycles. The van der Waals surface area contributed by atoms with Gasteiger partial charge in [0.1, 0.15) is 0 Å². The Morgan fingerprint density at radius 1 is 1.27 bits per heavy atom. The molecule has 1 rings (SSSR count). The van der Waals surface area contributed by atoms with E-state index in [1.807, 2.05) is 0 Å². The Bertz CT molecular complexity index is 132. The van der Waals surface area contributed by atoms with Crippen molar-refractivity contribution in [2.75, 3.05) is 6.54 Å². The predicted octanol–water partition coefficient (Wildman–Crippen LogP) is 1.92. The molecule has 4 heteroatoms. The van der Waals surface area contributed by atoms with Crippen LogP contribution in [0.25, 0.3) is 0 Å². The van der Waals surface area contributed by atoms with Gasteiger partial charge < -0.3 is 5.73 Å². The lowest BCUT2D eigenvalue weighted by molar-refractivity contribution is -0.182. The van der Waals surface area contributed by atoms with Crippen molar-refractivity contribution in [2.45, 2.75) is 25.4 Å². The smallest absolute Gasteiger partial charge is 0.330 e. The van der Waals surface area contributed by atoms with E-state index in [1.54, 1.807) is 0 Å². The molecule has 0 aliphatic heterocycles. The Hall–Kier alpha value is -0.250. The van der Waals surface area contributed by atoms with Crippen LogP contribution in [0.5, 0.6) is 0 Å². The lowest BCUT2D eigenvalue weighted by Crippen LogP contribution is -2.30. The molecule has 1 fully saturated rings. The van der Waals surface area contributed by atoms with Crippen LogP contribution in [0.3, 0.4) is 0 Å². The summed E-state index contributed by atoms with van der Waals surface area (Å²) in [4.78, 5) is 0. The van der Waals surface area contributed by atoms with E-state index in [0.29, 0.717) is 12.8 Å². The van der Waals surface area contributed by atoms with Gasteiger partial charge in [-0.15, -0.1) is 0 Å². The molecule has 1 aliphatic carbocycles. The first-order valence-electron chi connectivity index (χ1n) is 3.82. The summed E-state index contributed by atoms with van der Waals surface area (Å²) >= 11 is 0. The van der Waals surface area contributed by atoms with Gasteiger partial charge in [0.05, 0.1) is 5.92 Å². The highest BCUT2D eigenvalue weighted by Gasteiger charge is 2.46. The molecule has 11 heavy (non-hydrogen) atoms. The fraction of sp³-hybridized carbons (Fsp3) is 1.00. The van der Waals surface area contributed by atoms with Gasteiger partial charge in [0, 0.05) is 0 Å². The monoisotopic (exact) mass is 167 g/mol. The molecule has 0 aromatic rings. The predicted molar refractivity (Wildman–Crippen MR) is 35.9 cm³/mol. The summed E-state index contributed by atoms with van der Waals surface area (Å²) in [6.45, 7) is 0.171. The average Bonchev–Trinajstić information content (AvgIpc) is 2.31. The standard InChI is InChI=1S/C7H12F3N/c8-7(9,10)6-3-1-2-5(6)4-11/h5-6H,1-4,11H2/t5-,6-/m1/s1. The van der Waals surface area contributed by atoms with Crippen molar-refractivity contribution in [1.29, 1.82) is 0 Å². The Morgan fingerprint density at radius 3 is 2.27 bits per heavy atom. The van der Waals surface area contributed by atoms with E-state index in [4.69, 9.17) is 5.73 Å². The lowest BCUT2D eigenvalue weighted by Gasteiger charge is -2.20. The summed E-state index contributed by atoms with van der Waals surface area (Å²) in [7, 11) is 0. The van der Waals surface area contributed by atoms with E-state index in [0.717, 1.165) is 0 Å². The maximum Gasteiger partial charge on any atom is 0.392 e. The summed E-state index contributed by atoms with van der Waals surface area (Å²) in [5, 5.41) is 0. The van der Waals surface area contributed by atoms with Crippen LogP contribution in [-0.4, -0.2) is 12.7 Å². The number of hydrogen-bond acceptors (Lipinski definition) is 1. The van der Waals surface area contributed by atoms with Crippen molar-refractivity contribution in [1.82, 2.24) is 0 Å². The molecule has 2 N–H and O–H groups in total. The van der Waals surface area contributed by atoms with Crippen molar-refractivity contribution in [3.63, 3.8) is 0 Å². The Morgan fingerprint density at radius 2 is 1.91 bits per heavy atom. The quantitative estimate of drug-likeness (QED) is 0.634. The first-order valence-corrected chi connectivity index (χ1v) is 3.82. The van der Waals surface area contributed by atoms with E-state index in [2.05, 4.69) is 0 Å². The van der Waals surface area contributed by atoms with Crippen LogP contribution in [-0.2, 0) is 0 Å². The van der Waals surface area contributed by atoms with E-state index < -0.39 is 12.1 Å². The van der Waals surface area contributed by atoms with Crippen molar-refractivity contribution in [2.24, 2.45) is 17.6 Å². The second kappa shape index (κ2) is 3.01. The zero-order chi connectivity index (χ0) is 8.48. The minimum atomic E-state index is -4.03. The first-order chi connectivity index (χ1) is 5.05. The normalized spacial score (nSPS) is 32.7. The second-order valence-electron chi connectivity index (χ2n) is 3.07. The molecular formula is C7H12F3N. The minimum absolute atomic E-state index is 0.171. The second-order valence-corrected chi connectivity index (χ2v) is 3.07. The fourth-order valence-electron chi connectivity index (χ4n) is 1.75. The van der Waals surface area contributed by atoms with Crippen LogP contribution in [0.15, 0.2) is 0 Å². The zero-order valence-electron chi connectivity index (χ0n) is 6.19. The number of hydrogen-bond donors (Lipinski definition) is 1. The van der Waals surface area contributed by atoms with Gasteiger partial charge in [0.2, 0.25) is 0 Å². The summed E-state index contributed by atoms with van der Waals surface area (Å²) in [5.41, 5.74) is 5.22. The molecule has 66 valence electrons. The molecule has 0 amide bonds. The number of rotatable bonds is 1. The van der Waals surface area contributed by atoms with Crippen molar-refractivity contribution in [3.05, 3.63) is 0 Å². The highest BCUT2D eigenvalue weighted by atomic mass is 19.4. The third-order valence-electron chi connectivity index (χ3n) is 2.38. The third kappa shape index (κ3) is 1.86. The molecule has 0 aromatic carbocycles. The number of alkyl halides is 3. The molecule has 0 radical (unpaired) electrons. The summed E-state index contributed by atoms with van der Waals surface area (Å²) in [6.07, 6.45) is -2.45. The van der Waals surface area contributed by atoms with Gasteiger partial charge in [-0.3, -0.25) is 0 Å². The molecule has 0 unspecified atom stereocenters. The maximum atomic E-state index is 12.1. The van der Waals surface area contributed by atoms with Crippen LogP contribution < -0.4 is 5.73 Å². The first kappa shape index (κ1) is 8.84. The van der Waals surface area contributed by atoms with E-state index in [-0.39, 0.29) is 18.9 Å². The van der Waals surface area contributed by atoms with Gasteiger partial charge in [-0.25, -0.2) is 0 Å². The van der Waals surface area contributed by atoms with Crippen LogP contribution in [0, 0.1) is 11.8 Å². The number of halogens is 3. The molecule has 0 spiro atoms.